The maximum atomic E-state index is 12.6. The van der Waals surface area contributed by atoms with Crippen LogP contribution in [0.2, 0.25) is 0 Å². The Bertz CT molecular complexity index is 720. The average molecular weight is 282 g/mol. The van der Waals surface area contributed by atoms with E-state index in [1.165, 1.54) is 0 Å². The molecule has 108 valence electrons. The van der Waals surface area contributed by atoms with Crippen LogP contribution in [-0.2, 0) is 4.79 Å². The molecule has 3 rings (SSSR count). The highest BCUT2D eigenvalue weighted by Crippen LogP contribution is 2.44. The molecule has 0 saturated heterocycles. The van der Waals surface area contributed by atoms with Crippen LogP contribution in [0.4, 0.5) is 0 Å². The van der Waals surface area contributed by atoms with Crippen molar-refractivity contribution < 1.29 is 14.7 Å². The molecule has 1 aromatic rings. The fraction of sp³-hybridized carbons (Fsp3) is 0.333. The number of fused-ring (bicyclic) bond motifs is 2. The fourth-order valence-electron chi connectivity index (χ4n) is 3.16. The first-order valence-electron chi connectivity index (χ1n) is 7.11. The summed E-state index contributed by atoms with van der Waals surface area (Å²) in [5.74, 6) is 0.0211. The number of ketones is 2. The number of aryl methyl sites for hydroxylation is 1. The monoisotopic (exact) mass is 282 g/mol. The zero-order chi connectivity index (χ0) is 15.4. The highest BCUT2D eigenvalue weighted by molar-refractivity contribution is 6.12. The van der Waals surface area contributed by atoms with Crippen molar-refractivity contribution in [1.29, 1.82) is 0 Å². The zero-order valence-corrected chi connectivity index (χ0v) is 12.4. The van der Waals surface area contributed by atoms with E-state index in [-0.39, 0.29) is 28.6 Å². The lowest BCUT2D eigenvalue weighted by atomic mass is 9.68. The van der Waals surface area contributed by atoms with Crippen LogP contribution in [0.25, 0.3) is 6.08 Å². The van der Waals surface area contributed by atoms with Gasteiger partial charge in [0.05, 0.1) is 0 Å². The number of aromatic hydroxyl groups is 1. The van der Waals surface area contributed by atoms with Crippen molar-refractivity contribution in [2.75, 3.05) is 0 Å². The Morgan fingerprint density at radius 1 is 1.24 bits per heavy atom. The van der Waals surface area contributed by atoms with E-state index in [4.69, 9.17) is 0 Å². The van der Waals surface area contributed by atoms with Gasteiger partial charge in [0.15, 0.2) is 11.6 Å². The van der Waals surface area contributed by atoms with E-state index in [9.17, 15) is 14.7 Å². The van der Waals surface area contributed by atoms with Gasteiger partial charge in [-0.3, -0.25) is 9.59 Å². The number of hydrogen-bond acceptors (Lipinski definition) is 3. The maximum Gasteiger partial charge on any atom is 0.181 e. The summed E-state index contributed by atoms with van der Waals surface area (Å²) in [4.78, 5) is 24.8. The smallest absolute Gasteiger partial charge is 0.181 e. The number of rotatable bonds is 0. The maximum absolute atomic E-state index is 12.6. The molecule has 1 aromatic carbocycles. The van der Waals surface area contributed by atoms with Crippen molar-refractivity contribution in [2.24, 2.45) is 11.3 Å². The van der Waals surface area contributed by atoms with Crippen LogP contribution in [0.15, 0.2) is 29.9 Å². The summed E-state index contributed by atoms with van der Waals surface area (Å²) >= 11 is 0. The molecule has 0 unspecified atom stereocenters. The number of Topliss-reactive ketones (excluding diaryl/α,β-unsaturated/α-hetero) is 1. The molecule has 0 radical (unpaired) electrons. The third kappa shape index (κ3) is 2.13. The Balaban J connectivity index is 2.23. The molecule has 0 heterocycles. The Kier molecular flexibility index (Phi) is 2.90. The van der Waals surface area contributed by atoms with Gasteiger partial charge in [0.1, 0.15) is 5.75 Å². The zero-order valence-electron chi connectivity index (χ0n) is 12.4. The number of benzene rings is 1. The predicted molar refractivity (Wildman–Crippen MR) is 81.2 cm³/mol. The number of phenolic OH excluding ortho intramolecular Hbond substituents is 1. The number of carbonyl (C=O) groups excluding carboxylic acids is 2. The molecule has 21 heavy (non-hydrogen) atoms. The molecule has 0 spiro atoms. The summed E-state index contributed by atoms with van der Waals surface area (Å²) in [6.45, 7) is 5.85. The minimum absolute atomic E-state index is 0.0283. The molecule has 0 saturated carbocycles. The Morgan fingerprint density at radius 3 is 2.67 bits per heavy atom. The van der Waals surface area contributed by atoms with Crippen molar-refractivity contribution in [2.45, 2.75) is 27.2 Å². The molecule has 2 aliphatic rings. The van der Waals surface area contributed by atoms with Gasteiger partial charge in [0.2, 0.25) is 0 Å². The van der Waals surface area contributed by atoms with E-state index >= 15 is 0 Å². The van der Waals surface area contributed by atoms with Gasteiger partial charge in [-0.2, -0.15) is 0 Å². The number of carbonyl (C=O) groups is 2. The summed E-state index contributed by atoms with van der Waals surface area (Å²) in [6, 6.07) is 3.29. The molecule has 0 bridgehead atoms. The fourth-order valence-corrected chi connectivity index (χ4v) is 3.16. The third-order valence-corrected chi connectivity index (χ3v) is 4.59. The minimum Gasteiger partial charge on any atom is -0.508 e. The summed E-state index contributed by atoms with van der Waals surface area (Å²) in [7, 11) is 0. The Hall–Kier alpha value is -2.16. The van der Waals surface area contributed by atoms with Gasteiger partial charge < -0.3 is 5.11 Å². The normalized spacial score (nSPS) is 23.2. The second-order valence-corrected chi connectivity index (χ2v) is 6.52. The lowest BCUT2D eigenvalue weighted by molar-refractivity contribution is -0.112. The van der Waals surface area contributed by atoms with Crippen molar-refractivity contribution in [3.05, 3.63) is 46.5 Å². The van der Waals surface area contributed by atoms with E-state index in [0.717, 1.165) is 0 Å². The van der Waals surface area contributed by atoms with Gasteiger partial charge >= 0.3 is 0 Å². The first-order chi connectivity index (χ1) is 9.79. The van der Waals surface area contributed by atoms with E-state index in [2.05, 4.69) is 0 Å². The van der Waals surface area contributed by atoms with Gasteiger partial charge in [-0.15, -0.1) is 0 Å². The quantitative estimate of drug-likeness (QED) is 0.793. The molecular formula is C18H18O3. The van der Waals surface area contributed by atoms with E-state index in [1.54, 1.807) is 31.2 Å². The highest BCUT2D eigenvalue weighted by atomic mass is 16.3. The van der Waals surface area contributed by atoms with Crippen LogP contribution in [0.5, 0.6) is 5.75 Å². The lowest BCUT2D eigenvalue weighted by Gasteiger charge is -2.34. The Morgan fingerprint density at radius 2 is 1.95 bits per heavy atom. The molecular weight excluding hydrogens is 264 g/mol. The molecule has 3 nitrogen and oxygen atoms in total. The van der Waals surface area contributed by atoms with Gasteiger partial charge in [0, 0.05) is 23.5 Å². The molecule has 0 fully saturated rings. The van der Waals surface area contributed by atoms with Crippen molar-refractivity contribution in [3.63, 3.8) is 0 Å². The second-order valence-electron chi connectivity index (χ2n) is 6.52. The van der Waals surface area contributed by atoms with E-state index < -0.39 is 0 Å². The van der Waals surface area contributed by atoms with Crippen LogP contribution >= 0.6 is 0 Å². The number of phenols is 1. The van der Waals surface area contributed by atoms with E-state index in [0.29, 0.717) is 28.7 Å². The SMILES string of the molecule is Cc1cc2c(cc1O)C=C1C(=O)C=CC(C)(C)[C@@H]1CC2=O. The standard InChI is InChI=1S/C18H18O3/c1-10-6-12-11(8-16(10)20)7-13-14(9-17(12)21)18(2,3)5-4-15(13)19/h4-8,14,20H,9H2,1-3H3/t14-/m1/s1. The lowest BCUT2D eigenvalue weighted by Crippen LogP contribution is -2.31. The topological polar surface area (TPSA) is 54.4 Å². The van der Waals surface area contributed by atoms with Crippen molar-refractivity contribution >= 4 is 17.6 Å². The van der Waals surface area contributed by atoms with Crippen molar-refractivity contribution in [1.82, 2.24) is 0 Å². The summed E-state index contributed by atoms with van der Waals surface area (Å²) in [5.41, 5.74) is 2.34. The summed E-state index contributed by atoms with van der Waals surface area (Å²) < 4.78 is 0. The molecule has 0 aliphatic heterocycles. The van der Waals surface area contributed by atoms with Gasteiger partial charge in [-0.1, -0.05) is 19.9 Å². The average Bonchev–Trinajstić information content (AvgIpc) is 2.55. The van der Waals surface area contributed by atoms with Gasteiger partial charge in [0.25, 0.3) is 0 Å². The minimum atomic E-state index is -0.228. The molecule has 1 N–H and O–H groups in total. The van der Waals surface area contributed by atoms with Crippen LogP contribution in [-0.4, -0.2) is 16.7 Å². The summed E-state index contributed by atoms with van der Waals surface area (Å²) in [6.07, 6.45) is 5.58. The second kappa shape index (κ2) is 4.42. The largest absolute Gasteiger partial charge is 0.508 e. The van der Waals surface area contributed by atoms with Gasteiger partial charge in [-0.25, -0.2) is 0 Å². The highest BCUT2D eigenvalue weighted by Gasteiger charge is 2.39. The third-order valence-electron chi connectivity index (χ3n) is 4.59. The van der Waals surface area contributed by atoms with Crippen LogP contribution < -0.4 is 0 Å². The van der Waals surface area contributed by atoms with Crippen LogP contribution in [0.3, 0.4) is 0 Å². The van der Waals surface area contributed by atoms with Crippen molar-refractivity contribution in [3.8, 4) is 5.75 Å². The first kappa shape index (κ1) is 13.8. The van der Waals surface area contributed by atoms with E-state index in [1.807, 2.05) is 19.9 Å². The number of allylic oxidation sites excluding steroid dienone is 3. The number of hydrogen-bond donors (Lipinski definition) is 1. The van der Waals surface area contributed by atoms with Crippen LogP contribution in [0.1, 0.15) is 41.8 Å². The molecule has 1 atom stereocenters. The first-order valence-corrected chi connectivity index (χ1v) is 7.11. The Labute approximate surface area is 124 Å². The molecule has 3 heteroatoms. The molecule has 0 amide bonds. The van der Waals surface area contributed by atoms with Gasteiger partial charge in [-0.05, 0) is 47.8 Å². The molecule has 2 aliphatic carbocycles. The summed E-state index contributed by atoms with van der Waals surface area (Å²) in [5, 5.41) is 9.88. The van der Waals surface area contributed by atoms with Crippen LogP contribution in [0, 0.1) is 18.3 Å². The molecule has 0 aromatic heterocycles. The predicted octanol–water partition coefficient (Wildman–Crippen LogP) is 3.45.